The van der Waals surface area contributed by atoms with Crippen LogP contribution in [-0.2, 0) is 6.42 Å². The third-order valence-electron chi connectivity index (χ3n) is 4.02. The minimum absolute atomic E-state index is 0.192. The van der Waals surface area contributed by atoms with Crippen molar-refractivity contribution in [2.45, 2.75) is 24.8 Å². The van der Waals surface area contributed by atoms with Crippen LogP contribution in [0.1, 0.15) is 35.1 Å². The Morgan fingerprint density at radius 1 is 1.30 bits per heavy atom. The molecule has 104 valence electrons. The molecule has 0 saturated carbocycles. The van der Waals surface area contributed by atoms with Crippen LogP contribution < -0.4 is 11.3 Å². The van der Waals surface area contributed by atoms with Crippen LogP contribution >= 0.6 is 38.5 Å². The Labute approximate surface area is 141 Å². The van der Waals surface area contributed by atoms with Crippen molar-refractivity contribution in [3.8, 4) is 0 Å². The number of fused-ring (bicyclic) bond motifs is 1. The zero-order chi connectivity index (χ0) is 14.1. The number of nitrogens with two attached hydrogens (primary N) is 1. The molecule has 1 aliphatic carbocycles. The van der Waals surface area contributed by atoms with E-state index in [0.29, 0.717) is 5.92 Å². The predicted octanol–water partition coefficient (Wildman–Crippen LogP) is 4.29. The lowest BCUT2D eigenvalue weighted by atomic mass is 9.74. The number of nitrogens with one attached hydrogen (secondary N) is 1. The maximum Gasteiger partial charge on any atom is 0.0476 e. The molecule has 2 unspecified atom stereocenters. The zero-order valence-corrected chi connectivity index (χ0v) is 14.7. The van der Waals surface area contributed by atoms with E-state index in [1.807, 2.05) is 0 Å². The Kier molecular flexibility index (Phi) is 4.45. The fourth-order valence-corrected chi connectivity index (χ4v) is 4.01. The minimum atomic E-state index is 0.192. The van der Waals surface area contributed by atoms with Crippen LogP contribution in [0.4, 0.5) is 0 Å². The van der Waals surface area contributed by atoms with Crippen molar-refractivity contribution in [1.82, 2.24) is 5.43 Å². The third-order valence-corrected chi connectivity index (χ3v) is 5.49. The summed E-state index contributed by atoms with van der Waals surface area (Å²) in [5.41, 5.74) is 7.23. The van der Waals surface area contributed by atoms with Gasteiger partial charge >= 0.3 is 0 Å². The predicted molar refractivity (Wildman–Crippen MR) is 94.4 cm³/mol. The summed E-state index contributed by atoms with van der Waals surface area (Å²) < 4.78 is 2.35. The van der Waals surface area contributed by atoms with Crippen LogP contribution in [0.25, 0.3) is 0 Å². The molecule has 0 saturated heterocycles. The maximum absolute atomic E-state index is 5.80. The molecule has 0 fully saturated rings. The lowest BCUT2D eigenvalue weighted by Gasteiger charge is -2.33. The molecule has 2 aromatic rings. The van der Waals surface area contributed by atoms with Crippen molar-refractivity contribution in [2.75, 3.05) is 0 Å². The van der Waals surface area contributed by atoms with Crippen molar-refractivity contribution in [3.63, 3.8) is 0 Å². The Morgan fingerprint density at radius 3 is 2.85 bits per heavy atom. The monoisotopic (exact) mass is 442 g/mol. The highest BCUT2D eigenvalue weighted by Gasteiger charge is 2.28. The van der Waals surface area contributed by atoms with Gasteiger partial charge in [0.25, 0.3) is 0 Å². The van der Waals surface area contributed by atoms with Crippen LogP contribution in [0.5, 0.6) is 0 Å². The van der Waals surface area contributed by atoms with Gasteiger partial charge in [0.2, 0.25) is 0 Å². The van der Waals surface area contributed by atoms with Crippen molar-refractivity contribution >= 4 is 38.5 Å². The van der Waals surface area contributed by atoms with Crippen LogP contribution in [0.3, 0.4) is 0 Å². The highest BCUT2D eigenvalue weighted by Crippen LogP contribution is 2.41. The van der Waals surface area contributed by atoms with Gasteiger partial charge in [-0.15, -0.1) is 0 Å². The van der Waals surface area contributed by atoms with Gasteiger partial charge in [0.1, 0.15) is 0 Å². The standard InChI is InChI=1S/C16H16BrIN2/c17-12-5-6-15(18)14(9-12)16(20-19)8-11-7-10-3-1-2-4-13(10)11/h1-6,9,11,16,20H,7-8,19H2. The molecule has 20 heavy (non-hydrogen) atoms. The largest absolute Gasteiger partial charge is 0.271 e. The topological polar surface area (TPSA) is 38.0 Å². The first-order chi connectivity index (χ1) is 9.69. The second kappa shape index (κ2) is 6.13. The fourth-order valence-electron chi connectivity index (χ4n) is 2.92. The SMILES string of the molecule is NNC(CC1Cc2ccccc21)c1cc(Br)ccc1I. The molecule has 0 radical (unpaired) electrons. The Morgan fingerprint density at radius 2 is 2.10 bits per heavy atom. The highest BCUT2D eigenvalue weighted by atomic mass is 127. The van der Waals surface area contributed by atoms with Gasteiger partial charge in [0.15, 0.2) is 0 Å². The van der Waals surface area contributed by atoms with Gasteiger partial charge in [-0.05, 0) is 76.2 Å². The quantitative estimate of drug-likeness (QED) is 0.421. The van der Waals surface area contributed by atoms with Crippen molar-refractivity contribution in [1.29, 1.82) is 0 Å². The number of hydrogen-bond donors (Lipinski definition) is 2. The number of rotatable bonds is 4. The Bertz CT molecular complexity index is 630. The molecular weight excluding hydrogens is 427 g/mol. The summed E-state index contributed by atoms with van der Waals surface area (Å²) in [6, 6.07) is 15.2. The lowest BCUT2D eigenvalue weighted by molar-refractivity contribution is 0.434. The van der Waals surface area contributed by atoms with Crippen LogP contribution in [0.2, 0.25) is 0 Å². The molecule has 0 amide bonds. The Hall–Kier alpha value is -0.430. The summed E-state index contributed by atoms with van der Waals surface area (Å²) in [5.74, 6) is 6.42. The average molecular weight is 443 g/mol. The molecule has 4 heteroatoms. The molecule has 0 bridgehead atoms. The molecule has 0 aromatic heterocycles. The molecule has 3 rings (SSSR count). The highest BCUT2D eigenvalue weighted by molar-refractivity contribution is 14.1. The van der Waals surface area contributed by atoms with Crippen LogP contribution in [-0.4, -0.2) is 0 Å². The molecule has 1 aliphatic rings. The first-order valence-corrected chi connectivity index (χ1v) is 8.55. The fraction of sp³-hybridized carbons (Fsp3) is 0.250. The Balaban J connectivity index is 1.80. The summed E-state index contributed by atoms with van der Waals surface area (Å²) in [6.45, 7) is 0. The van der Waals surface area contributed by atoms with Gasteiger partial charge in [-0.1, -0.05) is 40.2 Å². The molecular formula is C16H16BrIN2. The van der Waals surface area contributed by atoms with Crippen molar-refractivity contribution in [2.24, 2.45) is 5.84 Å². The van der Waals surface area contributed by atoms with E-state index in [0.717, 1.165) is 10.9 Å². The second-order valence-electron chi connectivity index (χ2n) is 5.22. The molecule has 0 spiro atoms. The molecule has 2 nitrogen and oxygen atoms in total. The number of benzene rings is 2. The molecule has 2 aromatic carbocycles. The van der Waals surface area contributed by atoms with E-state index in [-0.39, 0.29) is 6.04 Å². The van der Waals surface area contributed by atoms with E-state index in [9.17, 15) is 0 Å². The molecule has 0 heterocycles. The van der Waals surface area contributed by atoms with E-state index in [1.165, 1.54) is 26.7 Å². The van der Waals surface area contributed by atoms with E-state index in [1.54, 1.807) is 0 Å². The molecule has 0 aliphatic heterocycles. The van der Waals surface area contributed by atoms with E-state index in [4.69, 9.17) is 5.84 Å². The summed E-state index contributed by atoms with van der Waals surface area (Å²) in [5, 5.41) is 0. The molecule has 2 atom stereocenters. The summed E-state index contributed by atoms with van der Waals surface area (Å²) in [7, 11) is 0. The van der Waals surface area contributed by atoms with Crippen molar-refractivity contribution < 1.29 is 0 Å². The zero-order valence-electron chi connectivity index (χ0n) is 10.9. The van der Waals surface area contributed by atoms with Gasteiger partial charge in [-0.3, -0.25) is 11.3 Å². The molecule has 3 N–H and O–H groups in total. The van der Waals surface area contributed by atoms with Gasteiger partial charge in [0, 0.05) is 14.1 Å². The summed E-state index contributed by atoms with van der Waals surface area (Å²) in [4.78, 5) is 0. The normalized spacial score (nSPS) is 18.2. The maximum atomic E-state index is 5.80. The number of halogens is 2. The van der Waals surface area contributed by atoms with Gasteiger partial charge in [-0.2, -0.15) is 0 Å². The van der Waals surface area contributed by atoms with Gasteiger partial charge in [-0.25, -0.2) is 0 Å². The van der Waals surface area contributed by atoms with Gasteiger partial charge < -0.3 is 0 Å². The average Bonchev–Trinajstić information content (AvgIpc) is 2.43. The van der Waals surface area contributed by atoms with Crippen LogP contribution in [0.15, 0.2) is 46.9 Å². The van der Waals surface area contributed by atoms with E-state index < -0.39 is 0 Å². The summed E-state index contributed by atoms with van der Waals surface area (Å²) >= 11 is 5.92. The minimum Gasteiger partial charge on any atom is -0.271 e. The smallest absolute Gasteiger partial charge is 0.0476 e. The second-order valence-corrected chi connectivity index (χ2v) is 7.30. The first-order valence-electron chi connectivity index (χ1n) is 6.68. The number of hydrogen-bond acceptors (Lipinski definition) is 2. The lowest BCUT2D eigenvalue weighted by Crippen LogP contribution is -2.32. The van der Waals surface area contributed by atoms with Crippen molar-refractivity contribution in [3.05, 3.63) is 67.2 Å². The number of hydrazine groups is 1. The van der Waals surface area contributed by atoms with Crippen LogP contribution in [0, 0.1) is 3.57 Å². The first kappa shape index (κ1) is 14.5. The third kappa shape index (κ3) is 2.79. The summed E-state index contributed by atoms with van der Waals surface area (Å²) in [6.07, 6.45) is 2.21. The van der Waals surface area contributed by atoms with Gasteiger partial charge in [0.05, 0.1) is 0 Å². The van der Waals surface area contributed by atoms with E-state index in [2.05, 4.69) is 86.4 Å². The van der Waals surface area contributed by atoms with E-state index >= 15 is 0 Å².